The average molecular weight is 611 g/mol. The predicted molar refractivity (Wildman–Crippen MR) is 169 cm³/mol. The normalized spacial score (nSPS) is 22.0. The van der Waals surface area contributed by atoms with E-state index in [4.69, 9.17) is 4.74 Å². The number of hydrogen-bond acceptors (Lipinski definition) is 6. The first-order valence-corrected chi connectivity index (χ1v) is 15.5. The summed E-state index contributed by atoms with van der Waals surface area (Å²) in [5.74, 6) is -2.36. The standard InChI is InChI=1S/C34H50N4O6/c1-10-15-23(26(39)29(41)35-19-14-18-21-16-12-11-13-17-21)36-28(40)25-24-22(34(24,8)9)20-38(25)30(42)27(32(2,3)4)37-31(43)44-33(5,6)7/h11-14,16-18,22-25,27H,10,15,19-20H2,1-9H3,(H,35,41)(H,36,40)(H,37,43)/b18-14+/t22-,23?,24-,25-,27+/m0/s1. The van der Waals surface area contributed by atoms with Gasteiger partial charge in [-0.05, 0) is 55.4 Å². The Kier molecular flexibility index (Phi) is 10.7. The lowest BCUT2D eigenvalue weighted by Crippen LogP contribution is -2.60. The number of alkyl carbamates (subject to hydrolysis) is 1. The summed E-state index contributed by atoms with van der Waals surface area (Å²) in [6.07, 6.45) is 3.73. The molecule has 1 aliphatic heterocycles. The van der Waals surface area contributed by atoms with Crippen LogP contribution in [-0.4, -0.2) is 71.3 Å². The highest BCUT2D eigenvalue weighted by Crippen LogP contribution is 2.65. The number of nitrogens with one attached hydrogen (secondary N) is 3. The minimum atomic E-state index is -1.03. The van der Waals surface area contributed by atoms with Crippen molar-refractivity contribution in [3.05, 3.63) is 42.0 Å². The van der Waals surface area contributed by atoms with Gasteiger partial charge in [0, 0.05) is 13.1 Å². The second-order valence-corrected chi connectivity index (χ2v) is 14.6. The van der Waals surface area contributed by atoms with Crippen LogP contribution < -0.4 is 16.0 Å². The van der Waals surface area contributed by atoms with Crippen molar-refractivity contribution in [1.29, 1.82) is 0 Å². The minimum absolute atomic E-state index is 0.101. The molecule has 1 aliphatic carbocycles. The van der Waals surface area contributed by atoms with Crippen molar-refractivity contribution in [2.24, 2.45) is 22.7 Å². The topological polar surface area (TPSA) is 134 Å². The van der Waals surface area contributed by atoms with E-state index in [1.54, 1.807) is 26.8 Å². The molecule has 0 radical (unpaired) electrons. The van der Waals surface area contributed by atoms with Crippen LogP contribution in [-0.2, 0) is 23.9 Å². The van der Waals surface area contributed by atoms with Gasteiger partial charge in [0.05, 0.1) is 6.04 Å². The number of piperidine rings is 1. The fourth-order valence-corrected chi connectivity index (χ4v) is 6.02. The zero-order valence-electron chi connectivity index (χ0n) is 27.7. The van der Waals surface area contributed by atoms with Gasteiger partial charge in [-0.1, -0.05) is 90.4 Å². The van der Waals surface area contributed by atoms with Gasteiger partial charge in [-0.15, -0.1) is 0 Å². The van der Waals surface area contributed by atoms with E-state index in [0.717, 1.165) is 5.56 Å². The molecule has 1 aromatic rings. The second kappa shape index (κ2) is 13.5. The first-order chi connectivity index (χ1) is 20.4. The van der Waals surface area contributed by atoms with Crippen molar-refractivity contribution < 1.29 is 28.7 Å². The van der Waals surface area contributed by atoms with Crippen LogP contribution in [0.25, 0.3) is 6.08 Å². The Labute approximate surface area is 261 Å². The zero-order chi connectivity index (χ0) is 33.0. The number of carbonyl (C=O) groups is 5. The Balaban J connectivity index is 1.74. The molecule has 1 heterocycles. The molecule has 0 aromatic heterocycles. The molecule has 3 rings (SSSR count). The summed E-state index contributed by atoms with van der Waals surface area (Å²) in [5.41, 5.74) is -0.620. The molecule has 2 fully saturated rings. The molecule has 1 aromatic carbocycles. The van der Waals surface area contributed by atoms with Crippen molar-refractivity contribution >= 4 is 35.7 Å². The van der Waals surface area contributed by atoms with E-state index in [0.29, 0.717) is 13.0 Å². The molecule has 0 bridgehead atoms. The summed E-state index contributed by atoms with van der Waals surface area (Å²) in [5, 5.41) is 8.16. The lowest BCUT2D eigenvalue weighted by Gasteiger charge is -2.38. The van der Waals surface area contributed by atoms with Gasteiger partial charge in [0.15, 0.2) is 0 Å². The maximum atomic E-state index is 14.0. The summed E-state index contributed by atoms with van der Waals surface area (Å²) in [7, 11) is 0. The lowest BCUT2D eigenvalue weighted by atomic mass is 9.85. The van der Waals surface area contributed by atoms with E-state index in [9.17, 15) is 24.0 Å². The molecule has 1 saturated heterocycles. The summed E-state index contributed by atoms with van der Waals surface area (Å²) < 4.78 is 5.42. The van der Waals surface area contributed by atoms with Gasteiger partial charge in [-0.2, -0.15) is 0 Å². The van der Waals surface area contributed by atoms with Crippen LogP contribution in [0.5, 0.6) is 0 Å². The molecular weight excluding hydrogens is 560 g/mol. The number of nitrogens with zero attached hydrogens (tertiary/aromatic N) is 1. The largest absolute Gasteiger partial charge is 0.444 e. The summed E-state index contributed by atoms with van der Waals surface area (Å²) in [4.78, 5) is 68.1. The van der Waals surface area contributed by atoms with Gasteiger partial charge in [0.2, 0.25) is 17.6 Å². The van der Waals surface area contributed by atoms with E-state index in [1.165, 1.54) is 4.90 Å². The van der Waals surface area contributed by atoms with Crippen molar-refractivity contribution in [3.63, 3.8) is 0 Å². The lowest BCUT2D eigenvalue weighted by molar-refractivity contribution is -0.145. The number of carbonyl (C=O) groups excluding carboxylic acids is 5. The summed E-state index contributed by atoms with van der Waals surface area (Å²) in [6.45, 7) is 17.3. The smallest absolute Gasteiger partial charge is 0.408 e. The molecule has 1 unspecified atom stereocenters. The summed E-state index contributed by atoms with van der Waals surface area (Å²) in [6, 6.07) is 6.77. The van der Waals surface area contributed by atoms with Crippen LogP contribution in [0, 0.1) is 22.7 Å². The first kappa shape index (κ1) is 34.8. The van der Waals surface area contributed by atoms with Crippen molar-refractivity contribution in [2.75, 3.05) is 13.1 Å². The average Bonchev–Trinajstić information content (AvgIpc) is 3.24. The molecule has 44 heavy (non-hydrogen) atoms. The maximum absolute atomic E-state index is 14.0. The van der Waals surface area contributed by atoms with Gasteiger partial charge in [0.25, 0.3) is 5.91 Å². The number of fused-ring (bicyclic) bond motifs is 1. The van der Waals surface area contributed by atoms with Crippen molar-refractivity contribution in [2.45, 2.75) is 98.9 Å². The molecule has 4 amide bonds. The third-order valence-electron chi connectivity index (χ3n) is 8.46. The van der Waals surface area contributed by atoms with Gasteiger partial charge in [-0.25, -0.2) is 4.79 Å². The van der Waals surface area contributed by atoms with Crippen LogP contribution >= 0.6 is 0 Å². The van der Waals surface area contributed by atoms with Crippen molar-refractivity contribution in [1.82, 2.24) is 20.9 Å². The number of likely N-dealkylation sites (tertiary alicyclic amines) is 1. The van der Waals surface area contributed by atoms with Crippen molar-refractivity contribution in [3.8, 4) is 0 Å². The van der Waals surface area contributed by atoms with Gasteiger partial charge < -0.3 is 25.6 Å². The fraction of sp³-hybridized carbons (Fsp3) is 0.618. The van der Waals surface area contributed by atoms with E-state index in [1.807, 2.05) is 64.1 Å². The van der Waals surface area contributed by atoms with Gasteiger partial charge in [-0.3, -0.25) is 19.2 Å². The highest BCUT2D eigenvalue weighted by Gasteiger charge is 2.70. The fourth-order valence-electron chi connectivity index (χ4n) is 6.02. The summed E-state index contributed by atoms with van der Waals surface area (Å²) >= 11 is 0. The van der Waals surface area contributed by atoms with E-state index in [2.05, 4.69) is 29.8 Å². The molecule has 242 valence electrons. The third kappa shape index (κ3) is 8.48. The SMILES string of the molecule is CCCC(NC(=O)[C@@H]1[C@@H]2[C@H](CN1C(=O)[C@@H](NC(=O)OC(C)(C)C)C(C)(C)C)C2(C)C)C(=O)C(=O)NC/C=C/c1ccccc1. The molecule has 10 heteroatoms. The predicted octanol–water partition coefficient (Wildman–Crippen LogP) is 4.09. The second-order valence-electron chi connectivity index (χ2n) is 14.6. The zero-order valence-corrected chi connectivity index (χ0v) is 27.7. The number of Topliss-reactive ketones (excluding diaryl/α,β-unsaturated/α-hetero) is 1. The van der Waals surface area contributed by atoms with Crippen LogP contribution in [0.1, 0.15) is 80.7 Å². The molecule has 10 nitrogen and oxygen atoms in total. The molecular formula is C34H50N4O6. The molecule has 0 spiro atoms. The Morgan fingerprint density at radius 1 is 1.02 bits per heavy atom. The van der Waals surface area contributed by atoms with Crippen LogP contribution in [0.2, 0.25) is 0 Å². The quantitative estimate of drug-likeness (QED) is 0.323. The monoisotopic (exact) mass is 610 g/mol. The molecule has 1 saturated carbocycles. The maximum Gasteiger partial charge on any atom is 0.408 e. The van der Waals surface area contributed by atoms with E-state index < -0.39 is 52.8 Å². The number of ketones is 1. The number of ether oxygens (including phenoxy) is 1. The molecule has 5 atom stereocenters. The third-order valence-corrected chi connectivity index (χ3v) is 8.46. The van der Waals surface area contributed by atoms with Crippen LogP contribution in [0.15, 0.2) is 36.4 Å². The molecule has 2 aliphatic rings. The number of hydrogen-bond donors (Lipinski definition) is 3. The van der Waals surface area contributed by atoms with E-state index >= 15 is 0 Å². The Bertz CT molecular complexity index is 1260. The number of benzene rings is 1. The van der Waals surface area contributed by atoms with Gasteiger partial charge >= 0.3 is 6.09 Å². The minimum Gasteiger partial charge on any atom is -0.444 e. The Morgan fingerprint density at radius 3 is 2.23 bits per heavy atom. The number of rotatable bonds is 11. The Hall–Kier alpha value is -3.69. The highest BCUT2D eigenvalue weighted by atomic mass is 16.6. The molecule has 3 N–H and O–H groups in total. The van der Waals surface area contributed by atoms with Gasteiger partial charge in [0.1, 0.15) is 17.7 Å². The number of amides is 4. The first-order valence-electron chi connectivity index (χ1n) is 15.5. The van der Waals surface area contributed by atoms with E-state index in [-0.39, 0.29) is 36.1 Å². The Morgan fingerprint density at radius 2 is 1.66 bits per heavy atom. The highest BCUT2D eigenvalue weighted by molar-refractivity contribution is 6.38. The van der Waals surface area contributed by atoms with Crippen LogP contribution in [0.3, 0.4) is 0 Å². The van der Waals surface area contributed by atoms with Crippen LogP contribution in [0.4, 0.5) is 4.79 Å².